The third-order valence-corrected chi connectivity index (χ3v) is 5.13. The quantitative estimate of drug-likeness (QED) is 0.661. The van der Waals surface area contributed by atoms with Crippen molar-refractivity contribution < 1.29 is 9.47 Å². The predicted octanol–water partition coefficient (Wildman–Crippen LogP) is 2.14. The van der Waals surface area contributed by atoms with E-state index < -0.39 is 0 Å². The van der Waals surface area contributed by atoms with E-state index in [1.54, 1.807) is 7.11 Å². The minimum absolute atomic E-state index is 0.336. The number of piperazine rings is 1. The van der Waals surface area contributed by atoms with Gasteiger partial charge in [0.2, 0.25) is 0 Å². The SMILES string of the molecule is COCCOCCCN1CC(C)(C2CC2)NCC1C(C)C. The first kappa shape index (κ1) is 17.2. The summed E-state index contributed by atoms with van der Waals surface area (Å²) in [5, 5.41) is 3.85. The molecule has 2 atom stereocenters. The van der Waals surface area contributed by atoms with Crippen molar-refractivity contribution in [3.8, 4) is 0 Å². The minimum atomic E-state index is 0.336. The van der Waals surface area contributed by atoms with Crippen molar-refractivity contribution in [2.45, 2.75) is 51.6 Å². The molecule has 2 aliphatic rings. The first-order chi connectivity index (χ1) is 10.1. The number of nitrogens with zero attached hydrogens (tertiary/aromatic N) is 1. The largest absolute Gasteiger partial charge is 0.382 e. The van der Waals surface area contributed by atoms with E-state index in [0.717, 1.165) is 32.0 Å². The van der Waals surface area contributed by atoms with Gasteiger partial charge in [0, 0.05) is 44.9 Å². The van der Waals surface area contributed by atoms with Gasteiger partial charge >= 0.3 is 0 Å². The molecule has 124 valence electrons. The van der Waals surface area contributed by atoms with Crippen molar-refractivity contribution in [3.05, 3.63) is 0 Å². The highest BCUT2D eigenvalue weighted by atomic mass is 16.5. The third kappa shape index (κ3) is 4.92. The van der Waals surface area contributed by atoms with Gasteiger partial charge in [-0.1, -0.05) is 13.8 Å². The van der Waals surface area contributed by atoms with Gasteiger partial charge in [0.1, 0.15) is 0 Å². The molecule has 2 unspecified atom stereocenters. The first-order valence-corrected chi connectivity index (χ1v) is 8.62. The number of hydrogen-bond acceptors (Lipinski definition) is 4. The van der Waals surface area contributed by atoms with Gasteiger partial charge in [0.15, 0.2) is 0 Å². The molecule has 0 aromatic heterocycles. The molecule has 0 spiro atoms. The number of hydrogen-bond donors (Lipinski definition) is 1. The Morgan fingerprint density at radius 3 is 2.62 bits per heavy atom. The maximum Gasteiger partial charge on any atom is 0.0700 e. The van der Waals surface area contributed by atoms with Gasteiger partial charge in [-0.05, 0) is 38.0 Å². The Labute approximate surface area is 130 Å². The molecule has 1 aliphatic carbocycles. The van der Waals surface area contributed by atoms with E-state index in [4.69, 9.17) is 9.47 Å². The van der Waals surface area contributed by atoms with Crippen molar-refractivity contribution in [1.82, 2.24) is 10.2 Å². The van der Waals surface area contributed by atoms with Gasteiger partial charge in [-0.2, -0.15) is 0 Å². The lowest BCUT2D eigenvalue weighted by atomic mass is 9.88. The van der Waals surface area contributed by atoms with Crippen LogP contribution in [0.4, 0.5) is 0 Å². The normalized spacial score (nSPS) is 31.0. The molecule has 0 aromatic rings. The Morgan fingerprint density at radius 1 is 1.24 bits per heavy atom. The molecule has 4 nitrogen and oxygen atoms in total. The van der Waals surface area contributed by atoms with E-state index >= 15 is 0 Å². The lowest BCUT2D eigenvalue weighted by Crippen LogP contribution is -2.65. The summed E-state index contributed by atoms with van der Waals surface area (Å²) in [6.45, 7) is 12.8. The van der Waals surface area contributed by atoms with Gasteiger partial charge in [0.05, 0.1) is 13.2 Å². The van der Waals surface area contributed by atoms with Crippen LogP contribution < -0.4 is 5.32 Å². The summed E-state index contributed by atoms with van der Waals surface area (Å²) >= 11 is 0. The molecule has 2 fully saturated rings. The summed E-state index contributed by atoms with van der Waals surface area (Å²) in [7, 11) is 1.72. The lowest BCUT2D eigenvalue weighted by Gasteiger charge is -2.48. The van der Waals surface area contributed by atoms with Crippen LogP contribution >= 0.6 is 0 Å². The monoisotopic (exact) mass is 298 g/mol. The Morgan fingerprint density at radius 2 is 2.00 bits per heavy atom. The summed E-state index contributed by atoms with van der Waals surface area (Å²) in [6, 6.07) is 0.663. The second-order valence-corrected chi connectivity index (χ2v) is 7.31. The summed E-state index contributed by atoms with van der Waals surface area (Å²) < 4.78 is 10.6. The van der Waals surface area contributed by atoms with E-state index in [2.05, 4.69) is 31.0 Å². The zero-order valence-electron chi connectivity index (χ0n) is 14.4. The second kappa shape index (κ2) is 7.91. The number of methoxy groups -OCH3 is 1. The van der Waals surface area contributed by atoms with Gasteiger partial charge in [-0.25, -0.2) is 0 Å². The standard InChI is InChI=1S/C17H34N2O2/c1-14(2)16-12-18-17(3,15-6-7-15)13-19(16)8-5-9-21-11-10-20-4/h14-16,18H,5-13H2,1-4H3. The third-order valence-electron chi connectivity index (χ3n) is 5.13. The molecule has 0 bridgehead atoms. The van der Waals surface area contributed by atoms with Gasteiger partial charge in [-0.3, -0.25) is 4.90 Å². The number of nitrogens with one attached hydrogen (secondary N) is 1. The lowest BCUT2D eigenvalue weighted by molar-refractivity contribution is 0.0334. The van der Waals surface area contributed by atoms with E-state index in [-0.39, 0.29) is 0 Å². The molecule has 0 radical (unpaired) electrons. The van der Waals surface area contributed by atoms with E-state index in [1.807, 2.05) is 0 Å². The van der Waals surface area contributed by atoms with E-state index in [9.17, 15) is 0 Å². The molecule has 1 aliphatic heterocycles. The fraction of sp³-hybridized carbons (Fsp3) is 1.00. The van der Waals surface area contributed by atoms with Gasteiger partial charge in [0.25, 0.3) is 0 Å². The molecular weight excluding hydrogens is 264 g/mol. The zero-order valence-corrected chi connectivity index (χ0v) is 14.4. The van der Waals surface area contributed by atoms with Crippen molar-refractivity contribution in [2.24, 2.45) is 11.8 Å². The molecule has 1 saturated carbocycles. The van der Waals surface area contributed by atoms with Crippen LogP contribution in [0.25, 0.3) is 0 Å². The molecule has 21 heavy (non-hydrogen) atoms. The van der Waals surface area contributed by atoms with Crippen LogP contribution in [0.2, 0.25) is 0 Å². The highest BCUT2D eigenvalue weighted by molar-refractivity contribution is 5.04. The first-order valence-electron chi connectivity index (χ1n) is 8.62. The number of ether oxygens (including phenoxy) is 2. The molecule has 4 heteroatoms. The van der Waals surface area contributed by atoms with E-state index in [0.29, 0.717) is 30.7 Å². The second-order valence-electron chi connectivity index (χ2n) is 7.31. The topological polar surface area (TPSA) is 33.7 Å². The average Bonchev–Trinajstić information content (AvgIpc) is 3.27. The molecule has 1 heterocycles. The van der Waals surface area contributed by atoms with Crippen molar-refractivity contribution in [2.75, 3.05) is 46.6 Å². The Bertz CT molecular complexity index is 307. The van der Waals surface area contributed by atoms with Crippen molar-refractivity contribution >= 4 is 0 Å². The highest BCUT2D eigenvalue weighted by Crippen LogP contribution is 2.41. The average molecular weight is 298 g/mol. The van der Waals surface area contributed by atoms with Gasteiger partial charge < -0.3 is 14.8 Å². The Balaban J connectivity index is 1.77. The molecule has 1 saturated heterocycles. The van der Waals surface area contributed by atoms with Crippen LogP contribution in [0.15, 0.2) is 0 Å². The number of rotatable bonds is 9. The fourth-order valence-corrected chi connectivity index (χ4v) is 3.57. The predicted molar refractivity (Wildman–Crippen MR) is 86.6 cm³/mol. The van der Waals surface area contributed by atoms with Crippen molar-refractivity contribution in [3.63, 3.8) is 0 Å². The Kier molecular flexibility index (Phi) is 6.48. The summed E-state index contributed by atoms with van der Waals surface area (Å²) in [5.41, 5.74) is 0.336. The van der Waals surface area contributed by atoms with Crippen molar-refractivity contribution in [1.29, 1.82) is 0 Å². The van der Waals surface area contributed by atoms with E-state index in [1.165, 1.54) is 19.4 Å². The maximum atomic E-state index is 5.61. The molecule has 2 rings (SSSR count). The molecule has 1 N–H and O–H groups in total. The zero-order chi connectivity index (χ0) is 15.3. The summed E-state index contributed by atoms with van der Waals surface area (Å²) in [5.74, 6) is 1.60. The van der Waals surface area contributed by atoms with Crippen LogP contribution in [0.3, 0.4) is 0 Å². The summed E-state index contributed by atoms with van der Waals surface area (Å²) in [6.07, 6.45) is 3.93. The summed E-state index contributed by atoms with van der Waals surface area (Å²) in [4.78, 5) is 2.71. The minimum Gasteiger partial charge on any atom is -0.382 e. The van der Waals surface area contributed by atoms with Crippen LogP contribution in [-0.2, 0) is 9.47 Å². The maximum absolute atomic E-state index is 5.61. The molecule has 0 aromatic carbocycles. The van der Waals surface area contributed by atoms with Crippen LogP contribution in [-0.4, -0.2) is 63.0 Å². The highest BCUT2D eigenvalue weighted by Gasteiger charge is 2.46. The molecular formula is C17H34N2O2. The smallest absolute Gasteiger partial charge is 0.0700 e. The van der Waals surface area contributed by atoms with Crippen LogP contribution in [0.1, 0.15) is 40.0 Å². The van der Waals surface area contributed by atoms with Crippen LogP contribution in [0.5, 0.6) is 0 Å². The Hall–Kier alpha value is -0.160. The van der Waals surface area contributed by atoms with Crippen LogP contribution in [0, 0.1) is 11.8 Å². The van der Waals surface area contributed by atoms with Gasteiger partial charge in [-0.15, -0.1) is 0 Å². The molecule has 0 amide bonds. The fourth-order valence-electron chi connectivity index (χ4n) is 3.57.